The van der Waals surface area contributed by atoms with Gasteiger partial charge in [0.1, 0.15) is 6.61 Å². The van der Waals surface area contributed by atoms with Crippen LogP contribution < -0.4 is 4.74 Å². The van der Waals surface area contributed by atoms with E-state index in [1.165, 1.54) is 0 Å². The molecule has 0 atom stereocenters. The summed E-state index contributed by atoms with van der Waals surface area (Å²) in [4.78, 5) is 11.0. The first kappa shape index (κ1) is 19.6. The smallest absolute Gasteiger partial charge is 0.204 e. The molecule has 0 aliphatic heterocycles. The lowest BCUT2D eigenvalue weighted by molar-refractivity contribution is 0.100. The maximum atomic E-state index is 13.7. The first-order valence-electron chi connectivity index (χ1n) is 6.50. The zero-order valence-corrected chi connectivity index (χ0v) is 12.4. The van der Waals surface area contributed by atoms with Crippen molar-refractivity contribution in [2.24, 2.45) is 0 Å². The molecule has 26 heavy (non-hydrogen) atoms. The van der Waals surface area contributed by atoms with Crippen molar-refractivity contribution in [1.82, 2.24) is 0 Å². The van der Waals surface area contributed by atoms with Crippen LogP contribution in [-0.2, 0) is 6.61 Å². The molecule has 2 aromatic carbocycles. The van der Waals surface area contributed by atoms with Crippen molar-refractivity contribution in [2.45, 2.75) is 13.5 Å². The van der Waals surface area contributed by atoms with Gasteiger partial charge in [0.05, 0.1) is 11.1 Å². The summed E-state index contributed by atoms with van der Waals surface area (Å²) >= 11 is 0. The molecule has 0 spiro atoms. The highest BCUT2D eigenvalue weighted by Crippen LogP contribution is 2.32. The number of benzene rings is 2. The van der Waals surface area contributed by atoms with Crippen molar-refractivity contribution < 1.29 is 49.0 Å². The lowest BCUT2D eigenvalue weighted by Gasteiger charge is -2.13. The zero-order chi connectivity index (χ0) is 19.9. The minimum absolute atomic E-state index is 0.607. The second-order valence-electron chi connectivity index (χ2n) is 4.85. The van der Waals surface area contributed by atoms with Crippen LogP contribution in [0.5, 0.6) is 5.75 Å². The maximum absolute atomic E-state index is 13.7. The van der Waals surface area contributed by atoms with Crippen molar-refractivity contribution in [1.29, 1.82) is 0 Å². The van der Waals surface area contributed by atoms with E-state index in [0.29, 0.717) is 6.92 Å². The highest BCUT2D eigenvalue weighted by atomic mass is 19.2. The van der Waals surface area contributed by atoms with E-state index >= 15 is 0 Å². The van der Waals surface area contributed by atoms with E-state index < -0.39 is 81.6 Å². The van der Waals surface area contributed by atoms with Crippen molar-refractivity contribution >= 4 is 5.78 Å². The molecule has 0 aliphatic rings. The Bertz CT molecular complexity index is 866. The lowest BCUT2D eigenvalue weighted by atomic mass is 10.1. The molecular weight excluding hydrogens is 383 g/mol. The summed E-state index contributed by atoms with van der Waals surface area (Å²) in [5.41, 5.74) is -3.19. The molecule has 2 rings (SSSR count). The molecule has 0 N–H and O–H groups in total. The molecule has 0 aliphatic carbocycles. The van der Waals surface area contributed by atoms with Gasteiger partial charge in [-0.1, -0.05) is 0 Å². The monoisotopic (exact) mass is 388 g/mol. The Morgan fingerprint density at radius 3 is 1.42 bits per heavy atom. The van der Waals surface area contributed by atoms with Gasteiger partial charge in [0.2, 0.25) is 17.5 Å². The molecule has 0 unspecified atom stereocenters. The number of hydrogen-bond acceptors (Lipinski definition) is 2. The van der Waals surface area contributed by atoms with E-state index in [1.54, 1.807) is 0 Å². The second kappa shape index (κ2) is 6.89. The van der Waals surface area contributed by atoms with E-state index in [0.717, 1.165) is 0 Å². The van der Waals surface area contributed by atoms with Crippen LogP contribution in [0.25, 0.3) is 0 Å². The number of hydrogen-bond donors (Lipinski definition) is 0. The second-order valence-corrected chi connectivity index (χ2v) is 4.85. The number of halogens is 9. The molecule has 140 valence electrons. The molecule has 11 heteroatoms. The first-order valence-corrected chi connectivity index (χ1v) is 6.50. The van der Waals surface area contributed by atoms with Gasteiger partial charge in [-0.3, -0.25) is 4.79 Å². The summed E-state index contributed by atoms with van der Waals surface area (Å²) in [6, 6.07) is 0. The number of carbonyl (C=O) groups excluding carboxylic acids is 1. The predicted molar refractivity (Wildman–Crippen MR) is 66.8 cm³/mol. The van der Waals surface area contributed by atoms with Gasteiger partial charge in [0.15, 0.2) is 46.4 Å². The van der Waals surface area contributed by atoms with Gasteiger partial charge in [-0.15, -0.1) is 0 Å². The summed E-state index contributed by atoms with van der Waals surface area (Å²) in [6.07, 6.45) is 0. The summed E-state index contributed by atoms with van der Waals surface area (Å²) in [6.45, 7) is -1.05. The van der Waals surface area contributed by atoms with E-state index in [4.69, 9.17) is 0 Å². The quantitative estimate of drug-likeness (QED) is 0.328. The summed E-state index contributed by atoms with van der Waals surface area (Å²) in [5.74, 6) is -23.9. The van der Waals surface area contributed by atoms with E-state index in [2.05, 4.69) is 4.74 Å². The number of carbonyl (C=O) groups is 1. The van der Waals surface area contributed by atoms with Crippen LogP contribution in [0.1, 0.15) is 22.8 Å². The number of ether oxygens (including phenoxy) is 1. The third-order valence-electron chi connectivity index (χ3n) is 3.24. The molecule has 0 saturated heterocycles. The van der Waals surface area contributed by atoms with Crippen LogP contribution in [0.4, 0.5) is 39.5 Å². The number of ketones is 1. The molecule has 2 nitrogen and oxygen atoms in total. The molecule has 0 radical (unpaired) electrons. The molecular formula is C15H5F9O2. The van der Waals surface area contributed by atoms with Crippen molar-refractivity contribution in [3.8, 4) is 5.75 Å². The van der Waals surface area contributed by atoms with Crippen LogP contribution >= 0.6 is 0 Å². The standard InChI is InChI=1S/C15H5F9O2/c1-3(25)5-8(18)13(23)15(14(24)9(5)19)26-2-4-6(16)10(20)12(22)11(21)7(4)17/h2H2,1H3. The van der Waals surface area contributed by atoms with Crippen LogP contribution in [0.3, 0.4) is 0 Å². The van der Waals surface area contributed by atoms with Gasteiger partial charge < -0.3 is 4.74 Å². The van der Waals surface area contributed by atoms with Crippen LogP contribution in [0, 0.1) is 52.4 Å². The normalized spacial score (nSPS) is 11.0. The highest BCUT2D eigenvalue weighted by molar-refractivity contribution is 5.94. The minimum Gasteiger partial charge on any atom is -0.482 e. The summed E-state index contributed by atoms with van der Waals surface area (Å²) in [5, 5.41) is 0. The van der Waals surface area contributed by atoms with Gasteiger partial charge in [0.25, 0.3) is 0 Å². The first-order chi connectivity index (χ1) is 12.0. The SMILES string of the molecule is CC(=O)c1c(F)c(F)c(OCc2c(F)c(F)c(F)c(F)c2F)c(F)c1F. The lowest BCUT2D eigenvalue weighted by Crippen LogP contribution is -2.13. The molecule has 0 saturated carbocycles. The van der Waals surface area contributed by atoms with E-state index in [1.807, 2.05) is 0 Å². The molecule has 0 bridgehead atoms. The fourth-order valence-electron chi connectivity index (χ4n) is 1.97. The molecule has 0 amide bonds. The summed E-state index contributed by atoms with van der Waals surface area (Å²) < 4.78 is 125. The van der Waals surface area contributed by atoms with Gasteiger partial charge in [-0.25, -0.2) is 30.7 Å². The number of rotatable bonds is 4. The minimum atomic E-state index is -2.48. The van der Waals surface area contributed by atoms with Crippen molar-refractivity contribution in [3.63, 3.8) is 0 Å². The van der Waals surface area contributed by atoms with E-state index in [-0.39, 0.29) is 0 Å². The zero-order valence-electron chi connectivity index (χ0n) is 12.4. The van der Waals surface area contributed by atoms with Crippen LogP contribution in [0.15, 0.2) is 0 Å². The number of Topliss-reactive ketones (excluding diaryl/α,β-unsaturated/α-hetero) is 1. The maximum Gasteiger partial charge on any atom is 0.204 e. The van der Waals surface area contributed by atoms with E-state index in [9.17, 15) is 44.3 Å². The Balaban J connectivity index is 2.52. The Morgan fingerprint density at radius 1 is 0.654 bits per heavy atom. The Morgan fingerprint density at radius 2 is 1.04 bits per heavy atom. The fraction of sp³-hybridized carbons (Fsp3) is 0.133. The average molecular weight is 388 g/mol. The van der Waals surface area contributed by atoms with Crippen LogP contribution in [-0.4, -0.2) is 5.78 Å². The van der Waals surface area contributed by atoms with Gasteiger partial charge in [-0.2, -0.15) is 8.78 Å². The molecule has 0 aromatic heterocycles. The Kier molecular flexibility index (Phi) is 5.19. The Hall–Kier alpha value is -2.72. The third-order valence-corrected chi connectivity index (χ3v) is 3.24. The summed E-state index contributed by atoms with van der Waals surface area (Å²) in [7, 11) is 0. The van der Waals surface area contributed by atoms with Crippen molar-refractivity contribution in [3.05, 3.63) is 63.5 Å². The third kappa shape index (κ3) is 2.97. The van der Waals surface area contributed by atoms with Crippen molar-refractivity contribution in [2.75, 3.05) is 0 Å². The molecule has 0 heterocycles. The molecule has 0 fully saturated rings. The van der Waals surface area contributed by atoms with Gasteiger partial charge >= 0.3 is 0 Å². The highest BCUT2D eigenvalue weighted by Gasteiger charge is 2.30. The Labute approximate surface area is 138 Å². The van der Waals surface area contributed by atoms with Crippen LogP contribution in [0.2, 0.25) is 0 Å². The van der Waals surface area contributed by atoms with Gasteiger partial charge in [0, 0.05) is 0 Å². The topological polar surface area (TPSA) is 26.3 Å². The average Bonchev–Trinajstić information content (AvgIpc) is 2.58. The largest absolute Gasteiger partial charge is 0.482 e. The predicted octanol–water partition coefficient (Wildman–Crippen LogP) is 4.72. The molecule has 2 aromatic rings. The van der Waals surface area contributed by atoms with Gasteiger partial charge in [-0.05, 0) is 6.92 Å². The fourth-order valence-corrected chi connectivity index (χ4v) is 1.97.